The predicted molar refractivity (Wildman–Crippen MR) is 106 cm³/mol. The number of carbonyl (C=O) groups excluding carboxylic acids is 2. The van der Waals surface area contributed by atoms with E-state index in [-0.39, 0.29) is 0 Å². The van der Waals surface area contributed by atoms with Crippen LogP contribution in [0.4, 0.5) is 11.4 Å². The Bertz CT molecular complexity index is 881. The second-order valence-electron chi connectivity index (χ2n) is 7.25. The van der Waals surface area contributed by atoms with E-state index in [0.717, 1.165) is 0 Å². The standard InChI is InChI=1S/C21H22N2O6/c1-21(2,19(24)22-13-3-5-15-17(11-13)28-9-7-26-15)20(25)23-14-4-6-16-18(12-14)29-10-8-27-16/h3-6,11-12H,7-10H2,1-2H3,(H,22,24)(H,23,25). The van der Waals surface area contributed by atoms with Gasteiger partial charge in [0.15, 0.2) is 23.0 Å². The predicted octanol–water partition coefficient (Wildman–Crippen LogP) is 2.83. The van der Waals surface area contributed by atoms with Crippen molar-refractivity contribution in [2.45, 2.75) is 13.8 Å². The van der Waals surface area contributed by atoms with Crippen molar-refractivity contribution in [3.63, 3.8) is 0 Å². The molecule has 2 aliphatic rings. The van der Waals surface area contributed by atoms with E-state index < -0.39 is 17.2 Å². The van der Waals surface area contributed by atoms with E-state index >= 15 is 0 Å². The van der Waals surface area contributed by atoms with Crippen LogP contribution in [0.2, 0.25) is 0 Å². The number of benzene rings is 2. The smallest absolute Gasteiger partial charge is 0.239 e. The van der Waals surface area contributed by atoms with E-state index in [2.05, 4.69) is 10.6 Å². The van der Waals surface area contributed by atoms with Gasteiger partial charge in [-0.1, -0.05) is 0 Å². The molecule has 152 valence electrons. The van der Waals surface area contributed by atoms with Gasteiger partial charge in [0.1, 0.15) is 31.8 Å². The van der Waals surface area contributed by atoms with Crippen LogP contribution in [0.5, 0.6) is 23.0 Å². The number of anilines is 2. The van der Waals surface area contributed by atoms with Gasteiger partial charge in [-0.3, -0.25) is 9.59 Å². The summed E-state index contributed by atoms with van der Waals surface area (Å²) in [5.74, 6) is 1.50. The van der Waals surface area contributed by atoms with Crippen LogP contribution in [0.3, 0.4) is 0 Å². The second kappa shape index (κ2) is 7.54. The van der Waals surface area contributed by atoms with E-state index in [1.54, 1.807) is 50.2 Å². The molecule has 0 saturated carbocycles. The molecule has 2 heterocycles. The number of amides is 2. The molecule has 0 saturated heterocycles. The Morgan fingerprint density at radius 2 is 1.07 bits per heavy atom. The molecular formula is C21H22N2O6. The zero-order chi connectivity index (χ0) is 20.4. The summed E-state index contributed by atoms with van der Waals surface area (Å²) >= 11 is 0. The normalized spacial score (nSPS) is 14.7. The van der Waals surface area contributed by atoms with Gasteiger partial charge in [0, 0.05) is 23.5 Å². The average molecular weight is 398 g/mol. The lowest BCUT2D eigenvalue weighted by Crippen LogP contribution is -2.41. The SMILES string of the molecule is CC(C)(C(=O)Nc1ccc2c(c1)OCCO2)C(=O)Nc1ccc2c(c1)OCCO2. The monoisotopic (exact) mass is 398 g/mol. The summed E-state index contributed by atoms with van der Waals surface area (Å²) in [5.41, 5.74) is -0.264. The first-order valence-corrected chi connectivity index (χ1v) is 9.36. The molecule has 0 bridgehead atoms. The Morgan fingerprint density at radius 3 is 1.48 bits per heavy atom. The van der Waals surface area contributed by atoms with Gasteiger partial charge in [-0.2, -0.15) is 0 Å². The minimum atomic E-state index is -1.32. The number of ether oxygens (including phenoxy) is 4. The third-order valence-electron chi connectivity index (χ3n) is 4.74. The van der Waals surface area contributed by atoms with Crippen molar-refractivity contribution in [3.05, 3.63) is 36.4 Å². The minimum Gasteiger partial charge on any atom is -0.486 e. The molecule has 8 nitrogen and oxygen atoms in total. The molecule has 2 aliphatic heterocycles. The summed E-state index contributed by atoms with van der Waals surface area (Å²) in [5, 5.41) is 5.54. The van der Waals surface area contributed by atoms with E-state index in [4.69, 9.17) is 18.9 Å². The second-order valence-corrected chi connectivity index (χ2v) is 7.25. The van der Waals surface area contributed by atoms with Gasteiger partial charge in [0.2, 0.25) is 11.8 Å². The van der Waals surface area contributed by atoms with Crippen molar-refractivity contribution in [1.29, 1.82) is 0 Å². The Labute approximate surface area is 168 Å². The number of nitrogens with one attached hydrogen (secondary N) is 2. The summed E-state index contributed by atoms with van der Waals surface area (Å²) in [7, 11) is 0. The van der Waals surface area contributed by atoms with E-state index in [9.17, 15) is 9.59 Å². The highest BCUT2D eigenvalue weighted by atomic mass is 16.6. The lowest BCUT2D eigenvalue weighted by atomic mass is 9.90. The molecule has 0 aromatic heterocycles. The molecule has 0 fully saturated rings. The largest absolute Gasteiger partial charge is 0.486 e. The van der Waals surface area contributed by atoms with Gasteiger partial charge in [-0.05, 0) is 38.1 Å². The van der Waals surface area contributed by atoms with Crippen LogP contribution in [0, 0.1) is 5.41 Å². The van der Waals surface area contributed by atoms with E-state index in [0.29, 0.717) is 60.8 Å². The van der Waals surface area contributed by atoms with Crippen molar-refractivity contribution in [2.75, 3.05) is 37.1 Å². The third-order valence-corrected chi connectivity index (χ3v) is 4.74. The Hall–Kier alpha value is -3.42. The quantitative estimate of drug-likeness (QED) is 0.769. The van der Waals surface area contributed by atoms with Crippen LogP contribution in [-0.2, 0) is 9.59 Å². The molecule has 8 heteroatoms. The van der Waals surface area contributed by atoms with Crippen molar-refractivity contribution < 1.29 is 28.5 Å². The molecule has 0 atom stereocenters. The molecule has 0 radical (unpaired) electrons. The number of hydrogen-bond acceptors (Lipinski definition) is 6. The van der Waals surface area contributed by atoms with Crippen LogP contribution in [-0.4, -0.2) is 38.2 Å². The van der Waals surface area contributed by atoms with Crippen LogP contribution in [0.1, 0.15) is 13.8 Å². The molecule has 2 aromatic carbocycles. The molecule has 0 unspecified atom stereocenters. The van der Waals surface area contributed by atoms with Crippen molar-refractivity contribution in [2.24, 2.45) is 5.41 Å². The maximum atomic E-state index is 12.8. The van der Waals surface area contributed by atoms with Gasteiger partial charge in [-0.25, -0.2) is 0 Å². The molecule has 0 spiro atoms. The highest BCUT2D eigenvalue weighted by Crippen LogP contribution is 2.34. The summed E-state index contributed by atoms with van der Waals surface area (Å²) < 4.78 is 22.0. The first-order valence-electron chi connectivity index (χ1n) is 9.36. The van der Waals surface area contributed by atoms with Gasteiger partial charge >= 0.3 is 0 Å². The lowest BCUT2D eigenvalue weighted by molar-refractivity contribution is -0.135. The first-order chi connectivity index (χ1) is 13.9. The van der Waals surface area contributed by atoms with Gasteiger partial charge in [0.05, 0.1) is 0 Å². The van der Waals surface area contributed by atoms with Crippen molar-refractivity contribution >= 4 is 23.2 Å². The highest BCUT2D eigenvalue weighted by Gasteiger charge is 2.36. The molecule has 0 aliphatic carbocycles. The average Bonchev–Trinajstić information content (AvgIpc) is 2.73. The fraction of sp³-hybridized carbons (Fsp3) is 0.333. The lowest BCUT2D eigenvalue weighted by Gasteiger charge is -2.24. The molecule has 2 aromatic rings. The summed E-state index contributed by atoms with van der Waals surface area (Å²) in [6.45, 7) is 5.01. The van der Waals surface area contributed by atoms with Crippen molar-refractivity contribution in [3.8, 4) is 23.0 Å². The number of carbonyl (C=O) groups is 2. The maximum Gasteiger partial charge on any atom is 0.239 e. The zero-order valence-corrected chi connectivity index (χ0v) is 16.2. The molecular weight excluding hydrogens is 376 g/mol. The molecule has 2 amide bonds. The summed E-state index contributed by atoms with van der Waals surface area (Å²) in [6, 6.07) is 10.2. The van der Waals surface area contributed by atoms with E-state index in [1.807, 2.05) is 0 Å². The number of hydrogen-bond donors (Lipinski definition) is 2. The summed E-state index contributed by atoms with van der Waals surface area (Å²) in [4.78, 5) is 25.6. The molecule has 2 N–H and O–H groups in total. The fourth-order valence-electron chi connectivity index (χ4n) is 2.92. The van der Waals surface area contributed by atoms with Crippen LogP contribution in [0.15, 0.2) is 36.4 Å². The topological polar surface area (TPSA) is 95.1 Å². The Kier molecular flexibility index (Phi) is 4.92. The highest BCUT2D eigenvalue weighted by molar-refractivity contribution is 6.14. The van der Waals surface area contributed by atoms with Gasteiger partial charge in [-0.15, -0.1) is 0 Å². The van der Waals surface area contributed by atoms with Crippen LogP contribution < -0.4 is 29.6 Å². The third kappa shape index (κ3) is 3.91. The minimum absolute atomic E-state index is 0.441. The van der Waals surface area contributed by atoms with Gasteiger partial charge < -0.3 is 29.6 Å². The van der Waals surface area contributed by atoms with Gasteiger partial charge in [0.25, 0.3) is 0 Å². The fourth-order valence-corrected chi connectivity index (χ4v) is 2.92. The first kappa shape index (κ1) is 18.9. The number of rotatable bonds is 4. The Morgan fingerprint density at radius 1 is 0.690 bits per heavy atom. The molecule has 4 rings (SSSR count). The Balaban J connectivity index is 1.44. The van der Waals surface area contributed by atoms with E-state index in [1.165, 1.54) is 0 Å². The zero-order valence-electron chi connectivity index (χ0n) is 16.2. The summed E-state index contributed by atoms with van der Waals surface area (Å²) in [6.07, 6.45) is 0. The van der Waals surface area contributed by atoms with Crippen LogP contribution >= 0.6 is 0 Å². The number of fused-ring (bicyclic) bond motifs is 2. The maximum absolute atomic E-state index is 12.8. The van der Waals surface area contributed by atoms with Crippen molar-refractivity contribution in [1.82, 2.24) is 0 Å². The van der Waals surface area contributed by atoms with Crippen LogP contribution in [0.25, 0.3) is 0 Å². The molecule has 29 heavy (non-hydrogen) atoms.